The quantitative estimate of drug-likeness (QED) is 0.686. The van der Waals surface area contributed by atoms with E-state index in [1.54, 1.807) is 0 Å². The fraction of sp³-hybridized carbons (Fsp3) is 0.769. The van der Waals surface area contributed by atoms with Gasteiger partial charge in [0.05, 0.1) is 12.7 Å². The van der Waals surface area contributed by atoms with Crippen molar-refractivity contribution in [2.75, 3.05) is 0 Å². The van der Waals surface area contributed by atoms with E-state index in [4.69, 9.17) is 0 Å². The first-order valence-electron chi connectivity index (χ1n) is 6.92. The average Bonchev–Trinajstić information content (AvgIpc) is 2.80. The first-order valence-corrected chi connectivity index (χ1v) is 6.92. The SMILES string of the molecule is CCCCCCC(=O)NCc1cn(CCC)nn1. The van der Waals surface area contributed by atoms with Crippen molar-refractivity contribution in [3.05, 3.63) is 11.9 Å². The zero-order chi connectivity index (χ0) is 13.2. The van der Waals surface area contributed by atoms with Gasteiger partial charge in [-0.15, -0.1) is 5.10 Å². The van der Waals surface area contributed by atoms with Gasteiger partial charge in [0.1, 0.15) is 5.69 Å². The summed E-state index contributed by atoms with van der Waals surface area (Å²) >= 11 is 0. The molecule has 0 unspecified atom stereocenters. The van der Waals surface area contributed by atoms with Gasteiger partial charge >= 0.3 is 0 Å². The number of rotatable bonds is 9. The van der Waals surface area contributed by atoms with E-state index < -0.39 is 0 Å². The van der Waals surface area contributed by atoms with Crippen molar-refractivity contribution in [2.45, 2.75) is 65.5 Å². The van der Waals surface area contributed by atoms with Crippen LogP contribution in [-0.4, -0.2) is 20.9 Å². The molecular weight excluding hydrogens is 228 g/mol. The minimum Gasteiger partial charge on any atom is -0.350 e. The molecule has 0 aromatic carbocycles. The lowest BCUT2D eigenvalue weighted by atomic mass is 10.1. The van der Waals surface area contributed by atoms with Crippen molar-refractivity contribution >= 4 is 5.91 Å². The van der Waals surface area contributed by atoms with Gasteiger partial charge in [0.15, 0.2) is 0 Å². The molecule has 102 valence electrons. The van der Waals surface area contributed by atoms with Crippen LogP contribution in [0.25, 0.3) is 0 Å². The van der Waals surface area contributed by atoms with Crippen molar-refractivity contribution in [3.8, 4) is 0 Å². The average molecular weight is 252 g/mol. The van der Waals surface area contributed by atoms with Gasteiger partial charge in [0.2, 0.25) is 5.91 Å². The Labute approximate surface area is 109 Å². The number of unbranched alkanes of at least 4 members (excludes halogenated alkanes) is 3. The van der Waals surface area contributed by atoms with Crippen LogP contribution < -0.4 is 5.32 Å². The molecule has 0 aliphatic heterocycles. The lowest BCUT2D eigenvalue weighted by molar-refractivity contribution is -0.121. The number of hydrogen-bond acceptors (Lipinski definition) is 3. The van der Waals surface area contributed by atoms with Crippen LogP contribution in [0, 0.1) is 0 Å². The van der Waals surface area contributed by atoms with E-state index in [9.17, 15) is 4.79 Å². The van der Waals surface area contributed by atoms with Crippen LogP contribution in [0.15, 0.2) is 6.20 Å². The second kappa shape index (κ2) is 8.66. The molecule has 1 aromatic rings. The molecule has 1 aromatic heterocycles. The number of carbonyl (C=O) groups is 1. The molecule has 5 nitrogen and oxygen atoms in total. The van der Waals surface area contributed by atoms with Crippen molar-refractivity contribution in [1.29, 1.82) is 0 Å². The van der Waals surface area contributed by atoms with Crippen LogP contribution in [0.3, 0.4) is 0 Å². The summed E-state index contributed by atoms with van der Waals surface area (Å²) in [6.07, 6.45) is 8.05. The van der Waals surface area contributed by atoms with Gasteiger partial charge in [-0.05, 0) is 12.8 Å². The predicted octanol–water partition coefficient (Wildman–Crippen LogP) is 2.27. The van der Waals surface area contributed by atoms with Gasteiger partial charge in [-0.1, -0.05) is 38.3 Å². The first kappa shape index (κ1) is 14.7. The summed E-state index contributed by atoms with van der Waals surface area (Å²) < 4.78 is 1.81. The molecule has 0 radical (unpaired) electrons. The van der Waals surface area contributed by atoms with Gasteiger partial charge in [-0.2, -0.15) is 0 Å². The molecule has 1 rings (SSSR count). The number of aryl methyl sites for hydroxylation is 1. The summed E-state index contributed by atoms with van der Waals surface area (Å²) in [5.74, 6) is 0.108. The Morgan fingerprint density at radius 2 is 2.11 bits per heavy atom. The predicted molar refractivity (Wildman–Crippen MR) is 70.9 cm³/mol. The van der Waals surface area contributed by atoms with Crippen molar-refractivity contribution in [1.82, 2.24) is 20.3 Å². The highest BCUT2D eigenvalue weighted by Gasteiger charge is 2.04. The van der Waals surface area contributed by atoms with Crippen LogP contribution in [0.5, 0.6) is 0 Å². The van der Waals surface area contributed by atoms with E-state index in [1.165, 1.54) is 12.8 Å². The topological polar surface area (TPSA) is 59.8 Å². The molecule has 0 saturated carbocycles. The maximum atomic E-state index is 11.5. The number of aromatic nitrogens is 3. The highest BCUT2D eigenvalue weighted by atomic mass is 16.1. The normalized spacial score (nSPS) is 10.6. The Morgan fingerprint density at radius 3 is 2.83 bits per heavy atom. The van der Waals surface area contributed by atoms with Crippen LogP contribution in [0.1, 0.15) is 58.1 Å². The number of hydrogen-bond donors (Lipinski definition) is 1. The Morgan fingerprint density at radius 1 is 1.28 bits per heavy atom. The second-order valence-corrected chi connectivity index (χ2v) is 4.56. The van der Waals surface area contributed by atoms with E-state index in [0.717, 1.165) is 31.5 Å². The second-order valence-electron chi connectivity index (χ2n) is 4.56. The Hall–Kier alpha value is -1.39. The van der Waals surface area contributed by atoms with Gasteiger partial charge in [0.25, 0.3) is 0 Å². The van der Waals surface area contributed by atoms with Gasteiger partial charge in [0, 0.05) is 13.0 Å². The third kappa shape index (κ3) is 5.80. The highest BCUT2D eigenvalue weighted by molar-refractivity contribution is 5.75. The molecule has 0 spiro atoms. The minimum atomic E-state index is 0.108. The molecule has 0 aliphatic carbocycles. The summed E-state index contributed by atoms with van der Waals surface area (Å²) in [5, 5.41) is 10.9. The molecule has 1 heterocycles. The number of nitrogens with zero attached hydrogens (tertiary/aromatic N) is 3. The zero-order valence-electron chi connectivity index (χ0n) is 11.5. The monoisotopic (exact) mass is 252 g/mol. The molecule has 0 fully saturated rings. The van der Waals surface area contributed by atoms with E-state index in [2.05, 4.69) is 29.5 Å². The molecule has 5 heteroatoms. The minimum absolute atomic E-state index is 0.108. The summed E-state index contributed by atoms with van der Waals surface area (Å²) in [4.78, 5) is 11.5. The van der Waals surface area contributed by atoms with Crippen LogP contribution in [-0.2, 0) is 17.9 Å². The van der Waals surface area contributed by atoms with Crippen molar-refractivity contribution in [2.24, 2.45) is 0 Å². The van der Waals surface area contributed by atoms with Gasteiger partial charge < -0.3 is 5.32 Å². The Kier molecular flexibility index (Phi) is 7.06. The Bertz CT molecular complexity index is 349. The van der Waals surface area contributed by atoms with Gasteiger partial charge in [-0.3, -0.25) is 9.48 Å². The molecular formula is C13H24N4O. The summed E-state index contributed by atoms with van der Waals surface area (Å²) in [5.41, 5.74) is 0.824. The number of amides is 1. The summed E-state index contributed by atoms with van der Waals surface area (Å²) in [7, 11) is 0. The number of nitrogens with one attached hydrogen (secondary N) is 1. The van der Waals surface area contributed by atoms with Gasteiger partial charge in [-0.25, -0.2) is 0 Å². The van der Waals surface area contributed by atoms with E-state index >= 15 is 0 Å². The molecule has 1 N–H and O–H groups in total. The standard InChI is InChI=1S/C13H24N4O/c1-3-5-6-7-8-13(18)14-10-12-11-17(9-4-2)16-15-12/h11H,3-10H2,1-2H3,(H,14,18). The van der Waals surface area contributed by atoms with Crippen LogP contribution in [0.4, 0.5) is 0 Å². The van der Waals surface area contributed by atoms with Crippen LogP contribution in [0.2, 0.25) is 0 Å². The fourth-order valence-electron chi connectivity index (χ4n) is 1.75. The Balaban J connectivity index is 2.16. The lowest BCUT2D eigenvalue weighted by Gasteiger charge is -2.02. The molecule has 0 aliphatic rings. The van der Waals surface area contributed by atoms with E-state index in [0.29, 0.717) is 13.0 Å². The number of carbonyl (C=O) groups excluding carboxylic acids is 1. The summed E-state index contributed by atoms with van der Waals surface area (Å²) in [6, 6.07) is 0. The maximum Gasteiger partial charge on any atom is 0.220 e. The highest BCUT2D eigenvalue weighted by Crippen LogP contribution is 2.02. The zero-order valence-corrected chi connectivity index (χ0v) is 11.5. The maximum absolute atomic E-state index is 11.5. The third-order valence-corrected chi connectivity index (χ3v) is 2.76. The fourth-order valence-corrected chi connectivity index (χ4v) is 1.75. The van der Waals surface area contributed by atoms with E-state index in [-0.39, 0.29) is 5.91 Å². The molecule has 18 heavy (non-hydrogen) atoms. The molecule has 0 bridgehead atoms. The largest absolute Gasteiger partial charge is 0.350 e. The van der Waals surface area contributed by atoms with Crippen molar-refractivity contribution < 1.29 is 4.79 Å². The smallest absolute Gasteiger partial charge is 0.220 e. The third-order valence-electron chi connectivity index (χ3n) is 2.76. The lowest BCUT2D eigenvalue weighted by Crippen LogP contribution is -2.22. The summed E-state index contributed by atoms with van der Waals surface area (Å²) in [6.45, 7) is 5.62. The van der Waals surface area contributed by atoms with Crippen molar-refractivity contribution in [3.63, 3.8) is 0 Å². The van der Waals surface area contributed by atoms with Crippen LogP contribution >= 0.6 is 0 Å². The first-order chi connectivity index (χ1) is 8.76. The molecule has 0 atom stereocenters. The molecule has 1 amide bonds. The molecule has 0 saturated heterocycles. The van der Waals surface area contributed by atoms with E-state index in [1.807, 2.05) is 10.9 Å².